The van der Waals surface area contributed by atoms with Gasteiger partial charge in [0.25, 0.3) is 5.91 Å². The highest BCUT2D eigenvalue weighted by molar-refractivity contribution is 5.82. The second-order valence-electron chi connectivity index (χ2n) is 1.86. The van der Waals surface area contributed by atoms with Crippen LogP contribution < -0.4 is 28.1 Å². The number of nitrogens with two attached hydrogens (primary N) is 3. The summed E-state index contributed by atoms with van der Waals surface area (Å²) in [6.07, 6.45) is 0. The average Bonchev–Trinajstić information content (AvgIpc) is 1.98. The lowest BCUT2D eigenvalue weighted by atomic mass is 10.3. The first-order chi connectivity index (χ1) is 5.07. The second kappa shape index (κ2) is 4.47. The summed E-state index contributed by atoms with van der Waals surface area (Å²) in [5, 5.41) is 2.16. The summed E-state index contributed by atoms with van der Waals surface area (Å²) in [5.74, 6) is 4.20. The van der Waals surface area contributed by atoms with Crippen molar-refractivity contribution in [3.63, 3.8) is 0 Å². The van der Waals surface area contributed by atoms with Crippen LogP contribution in [0.1, 0.15) is 0 Å². The summed E-state index contributed by atoms with van der Waals surface area (Å²) in [7, 11) is 0. The number of rotatable bonds is 3. The average molecular weight is 161 g/mol. The van der Waals surface area contributed by atoms with Crippen LogP contribution in [-0.4, -0.2) is 24.5 Å². The van der Waals surface area contributed by atoms with Gasteiger partial charge in [0.2, 0.25) is 0 Å². The molecule has 64 valence electrons. The number of urea groups is 1. The highest BCUT2D eigenvalue weighted by Gasteiger charge is 2.11. The summed E-state index contributed by atoms with van der Waals surface area (Å²) in [6.45, 7) is -0.0294. The molecule has 11 heavy (non-hydrogen) atoms. The monoisotopic (exact) mass is 161 g/mol. The standard InChI is InChI=1S/C4H11N5O2/c5-2(3(10)9-7)1-8-4(6)11/h2H,1,5,7H2,(H,9,10)(H3,6,8,11)/t2-/m0/s1. The van der Waals surface area contributed by atoms with Crippen molar-refractivity contribution in [3.05, 3.63) is 0 Å². The zero-order chi connectivity index (χ0) is 8.85. The van der Waals surface area contributed by atoms with Crippen LogP contribution in [0.15, 0.2) is 0 Å². The summed E-state index contributed by atoms with van der Waals surface area (Å²) < 4.78 is 0. The minimum Gasteiger partial charge on any atom is -0.352 e. The fourth-order valence-corrected chi connectivity index (χ4v) is 0.410. The van der Waals surface area contributed by atoms with Gasteiger partial charge in [-0.25, -0.2) is 10.6 Å². The number of amides is 3. The van der Waals surface area contributed by atoms with Gasteiger partial charge in [0, 0.05) is 6.54 Å². The maximum Gasteiger partial charge on any atom is 0.312 e. The molecule has 0 spiro atoms. The number of primary amides is 1. The lowest BCUT2D eigenvalue weighted by Gasteiger charge is -2.08. The Morgan fingerprint density at radius 2 is 2.00 bits per heavy atom. The molecule has 0 aliphatic rings. The molecule has 8 N–H and O–H groups in total. The van der Waals surface area contributed by atoms with E-state index in [2.05, 4.69) is 5.32 Å². The Balaban J connectivity index is 3.60. The van der Waals surface area contributed by atoms with E-state index in [-0.39, 0.29) is 6.54 Å². The Kier molecular flexibility index (Phi) is 3.93. The molecule has 0 saturated heterocycles. The van der Waals surface area contributed by atoms with Gasteiger partial charge in [-0.3, -0.25) is 10.2 Å². The van der Waals surface area contributed by atoms with Crippen LogP contribution in [0.5, 0.6) is 0 Å². The third-order valence-corrected chi connectivity index (χ3v) is 0.975. The first-order valence-corrected chi connectivity index (χ1v) is 2.87. The van der Waals surface area contributed by atoms with E-state index in [1.165, 1.54) is 0 Å². The highest BCUT2D eigenvalue weighted by Crippen LogP contribution is 1.73. The van der Waals surface area contributed by atoms with Crippen molar-refractivity contribution in [2.45, 2.75) is 6.04 Å². The maximum absolute atomic E-state index is 10.6. The van der Waals surface area contributed by atoms with E-state index in [0.717, 1.165) is 0 Å². The largest absolute Gasteiger partial charge is 0.352 e. The smallest absolute Gasteiger partial charge is 0.312 e. The van der Waals surface area contributed by atoms with Gasteiger partial charge >= 0.3 is 6.03 Å². The van der Waals surface area contributed by atoms with E-state index in [1.807, 2.05) is 5.43 Å². The summed E-state index contributed by atoms with van der Waals surface area (Å²) in [6, 6.07) is -1.60. The van der Waals surface area contributed by atoms with Crippen LogP contribution in [-0.2, 0) is 4.79 Å². The maximum atomic E-state index is 10.6. The van der Waals surface area contributed by atoms with Crippen LogP contribution >= 0.6 is 0 Å². The van der Waals surface area contributed by atoms with Crippen LogP contribution in [0.4, 0.5) is 4.79 Å². The van der Waals surface area contributed by atoms with Gasteiger partial charge in [0.15, 0.2) is 0 Å². The van der Waals surface area contributed by atoms with Gasteiger partial charge in [0.1, 0.15) is 6.04 Å². The van der Waals surface area contributed by atoms with Crippen LogP contribution in [0.2, 0.25) is 0 Å². The Hall–Kier alpha value is -1.34. The van der Waals surface area contributed by atoms with Gasteiger partial charge in [-0.05, 0) is 0 Å². The SMILES string of the molecule is NNC(=O)[C@@H](N)CNC(N)=O. The van der Waals surface area contributed by atoms with Crippen LogP contribution in [0.3, 0.4) is 0 Å². The highest BCUT2D eigenvalue weighted by atomic mass is 16.2. The van der Waals surface area contributed by atoms with Crippen LogP contribution in [0, 0.1) is 0 Å². The fourth-order valence-electron chi connectivity index (χ4n) is 0.410. The Labute approximate surface area is 63.2 Å². The minimum atomic E-state index is -0.868. The molecule has 0 aliphatic carbocycles. The van der Waals surface area contributed by atoms with Crippen molar-refractivity contribution in [1.82, 2.24) is 10.7 Å². The third-order valence-electron chi connectivity index (χ3n) is 0.975. The van der Waals surface area contributed by atoms with Gasteiger partial charge in [-0.15, -0.1) is 0 Å². The van der Waals surface area contributed by atoms with Crippen LogP contribution in [0.25, 0.3) is 0 Å². The number of nitrogens with one attached hydrogen (secondary N) is 2. The molecule has 0 heterocycles. The topological polar surface area (TPSA) is 136 Å². The molecule has 0 rings (SSSR count). The van der Waals surface area contributed by atoms with E-state index in [1.54, 1.807) is 0 Å². The molecule has 0 aromatic heterocycles. The predicted molar refractivity (Wildman–Crippen MR) is 37.9 cm³/mol. The molecule has 0 fully saturated rings. The predicted octanol–water partition coefficient (Wildman–Crippen LogP) is -3.03. The lowest BCUT2D eigenvalue weighted by Crippen LogP contribution is -2.50. The molecule has 7 heteroatoms. The molecule has 0 aromatic carbocycles. The summed E-state index contributed by atoms with van der Waals surface area (Å²) in [4.78, 5) is 20.7. The first-order valence-electron chi connectivity index (χ1n) is 2.87. The number of carbonyl (C=O) groups is 2. The van der Waals surface area contributed by atoms with Crippen molar-refractivity contribution in [1.29, 1.82) is 0 Å². The Morgan fingerprint density at radius 1 is 1.45 bits per heavy atom. The van der Waals surface area contributed by atoms with E-state index < -0.39 is 18.0 Å². The fraction of sp³-hybridized carbons (Fsp3) is 0.500. The molecule has 0 bridgehead atoms. The molecule has 3 amide bonds. The van der Waals surface area contributed by atoms with Gasteiger partial charge in [-0.2, -0.15) is 0 Å². The van der Waals surface area contributed by atoms with Crippen molar-refractivity contribution in [2.24, 2.45) is 17.3 Å². The molecule has 0 aromatic rings. The first kappa shape index (κ1) is 9.66. The lowest BCUT2D eigenvalue weighted by molar-refractivity contribution is -0.122. The molecular formula is C4H11N5O2. The molecule has 0 radical (unpaired) electrons. The number of hydrogen-bond acceptors (Lipinski definition) is 4. The molecule has 7 nitrogen and oxygen atoms in total. The molecule has 0 saturated carbocycles. The van der Waals surface area contributed by atoms with E-state index >= 15 is 0 Å². The van der Waals surface area contributed by atoms with E-state index in [9.17, 15) is 9.59 Å². The third kappa shape index (κ3) is 4.12. The summed E-state index contributed by atoms with van der Waals surface area (Å²) in [5.41, 5.74) is 11.8. The molecular weight excluding hydrogens is 150 g/mol. The van der Waals surface area contributed by atoms with Gasteiger partial charge in [-0.1, -0.05) is 0 Å². The van der Waals surface area contributed by atoms with Crippen molar-refractivity contribution in [3.8, 4) is 0 Å². The minimum absolute atomic E-state index is 0.0294. The second-order valence-corrected chi connectivity index (χ2v) is 1.86. The number of hydrazine groups is 1. The van der Waals surface area contributed by atoms with Gasteiger partial charge in [0.05, 0.1) is 0 Å². The molecule has 1 atom stereocenters. The number of carbonyl (C=O) groups excluding carboxylic acids is 2. The normalized spacial score (nSPS) is 11.8. The van der Waals surface area contributed by atoms with Gasteiger partial charge < -0.3 is 16.8 Å². The van der Waals surface area contributed by atoms with Crippen molar-refractivity contribution >= 4 is 11.9 Å². The van der Waals surface area contributed by atoms with E-state index in [0.29, 0.717) is 0 Å². The zero-order valence-electron chi connectivity index (χ0n) is 5.83. The Morgan fingerprint density at radius 3 is 2.36 bits per heavy atom. The quantitative estimate of drug-likeness (QED) is 0.171. The molecule has 0 unspecified atom stereocenters. The van der Waals surface area contributed by atoms with E-state index in [4.69, 9.17) is 17.3 Å². The van der Waals surface area contributed by atoms with Crippen molar-refractivity contribution < 1.29 is 9.59 Å². The summed E-state index contributed by atoms with van der Waals surface area (Å²) >= 11 is 0. The number of hydrogen-bond donors (Lipinski definition) is 5. The Bertz CT molecular complexity index is 159. The van der Waals surface area contributed by atoms with Crippen molar-refractivity contribution in [2.75, 3.05) is 6.54 Å². The molecule has 0 aliphatic heterocycles. The zero-order valence-corrected chi connectivity index (χ0v) is 5.83.